The number of nitrogens with one attached hydrogen (secondary N) is 1. The van der Waals surface area contributed by atoms with E-state index in [1.54, 1.807) is 26.0 Å². The summed E-state index contributed by atoms with van der Waals surface area (Å²) in [6.07, 6.45) is 0. The third-order valence-electron chi connectivity index (χ3n) is 3.62. The molecule has 0 fully saturated rings. The van der Waals surface area contributed by atoms with E-state index in [4.69, 9.17) is 4.74 Å². The molecule has 0 unspecified atom stereocenters. The van der Waals surface area contributed by atoms with E-state index in [-0.39, 0.29) is 18.0 Å². The lowest BCUT2D eigenvalue weighted by atomic mass is 10.2. The van der Waals surface area contributed by atoms with E-state index >= 15 is 0 Å². The number of nitrogens with zero attached hydrogens (tertiary/aromatic N) is 2. The lowest BCUT2D eigenvalue weighted by Crippen LogP contribution is -2.39. The topological polar surface area (TPSA) is 88.1 Å². The third kappa shape index (κ3) is 5.90. The predicted molar refractivity (Wildman–Crippen MR) is 104 cm³/mol. The Kier molecular flexibility index (Phi) is 7.09. The second-order valence-electron chi connectivity index (χ2n) is 6.03. The predicted octanol–water partition coefficient (Wildman–Crippen LogP) is 2.40. The summed E-state index contributed by atoms with van der Waals surface area (Å²) in [6.45, 7) is 3.18. The summed E-state index contributed by atoms with van der Waals surface area (Å²) in [5.74, 6) is 0.0401. The minimum atomic E-state index is -3.89. The molecule has 0 aliphatic rings. The Morgan fingerprint density at radius 3 is 2.26 bits per heavy atom. The summed E-state index contributed by atoms with van der Waals surface area (Å²) in [7, 11) is -2.38. The molecule has 2 aromatic rings. The van der Waals surface area contributed by atoms with Gasteiger partial charge in [0.25, 0.3) is 5.91 Å². The van der Waals surface area contributed by atoms with Gasteiger partial charge in [-0.2, -0.15) is 9.41 Å². The number of rotatable bonds is 8. The van der Waals surface area contributed by atoms with Crippen LogP contribution in [0.25, 0.3) is 0 Å². The summed E-state index contributed by atoms with van der Waals surface area (Å²) < 4.78 is 32.4. The zero-order chi connectivity index (χ0) is 19.9. The van der Waals surface area contributed by atoms with Gasteiger partial charge < -0.3 is 4.74 Å². The maximum Gasteiger partial charge on any atom is 0.255 e. The second kappa shape index (κ2) is 9.29. The van der Waals surface area contributed by atoms with Crippen molar-refractivity contribution in [2.24, 2.45) is 5.10 Å². The number of carbonyl (C=O) groups is 1. The van der Waals surface area contributed by atoms with E-state index in [1.807, 2.05) is 30.3 Å². The molecule has 0 aliphatic carbocycles. The van der Waals surface area contributed by atoms with Gasteiger partial charge >= 0.3 is 0 Å². The Hall–Kier alpha value is -2.71. The molecule has 0 atom stereocenters. The van der Waals surface area contributed by atoms with Gasteiger partial charge in [-0.3, -0.25) is 4.79 Å². The maximum atomic E-state index is 13.1. The number of amides is 1. The molecule has 144 valence electrons. The van der Waals surface area contributed by atoms with E-state index in [2.05, 4.69) is 10.5 Å². The SMILES string of the molecule is COc1ccc(S(=O)(=O)N(CC(=O)NN=C(C)C)Cc2ccccc2)cc1. The van der Waals surface area contributed by atoms with Crippen molar-refractivity contribution in [1.82, 2.24) is 9.73 Å². The monoisotopic (exact) mass is 389 g/mol. The molecule has 0 aromatic heterocycles. The number of methoxy groups -OCH3 is 1. The van der Waals surface area contributed by atoms with Crippen molar-refractivity contribution in [1.29, 1.82) is 0 Å². The molecule has 0 aliphatic heterocycles. The zero-order valence-corrected chi connectivity index (χ0v) is 16.4. The number of carbonyl (C=O) groups excluding carboxylic acids is 1. The number of hydrazone groups is 1. The van der Waals surface area contributed by atoms with Gasteiger partial charge in [0.15, 0.2) is 0 Å². The Morgan fingerprint density at radius 2 is 1.70 bits per heavy atom. The second-order valence-corrected chi connectivity index (χ2v) is 7.97. The number of ether oxygens (including phenoxy) is 1. The zero-order valence-electron chi connectivity index (χ0n) is 15.5. The van der Waals surface area contributed by atoms with E-state index in [9.17, 15) is 13.2 Å². The van der Waals surface area contributed by atoms with Crippen LogP contribution in [-0.4, -0.2) is 38.0 Å². The molecule has 27 heavy (non-hydrogen) atoms. The third-order valence-corrected chi connectivity index (χ3v) is 5.43. The maximum absolute atomic E-state index is 13.1. The van der Waals surface area contributed by atoms with Crippen molar-refractivity contribution in [2.75, 3.05) is 13.7 Å². The first kappa shape index (κ1) is 20.6. The van der Waals surface area contributed by atoms with Gasteiger partial charge in [0.2, 0.25) is 10.0 Å². The van der Waals surface area contributed by atoms with Crippen LogP contribution in [0.2, 0.25) is 0 Å². The minimum Gasteiger partial charge on any atom is -0.497 e. The summed E-state index contributed by atoms with van der Waals surface area (Å²) in [4.78, 5) is 12.3. The fourth-order valence-corrected chi connectivity index (χ4v) is 3.66. The normalized spacial score (nSPS) is 11.1. The van der Waals surface area contributed by atoms with Crippen LogP contribution in [0.3, 0.4) is 0 Å². The van der Waals surface area contributed by atoms with Gasteiger partial charge in [0, 0.05) is 12.3 Å². The summed E-state index contributed by atoms with van der Waals surface area (Å²) in [6, 6.07) is 15.1. The quantitative estimate of drug-likeness (QED) is 0.555. The van der Waals surface area contributed by atoms with Gasteiger partial charge in [-0.05, 0) is 43.7 Å². The molecule has 7 nitrogen and oxygen atoms in total. The molecule has 0 bridgehead atoms. The Morgan fingerprint density at radius 1 is 1.07 bits per heavy atom. The van der Waals surface area contributed by atoms with Crippen LogP contribution < -0.4 is 10.2 Å². The average Bonchev–Trinajstić information content (AvgIpc) is 2.66. The molecule has 1 N–H and O–H groups in total. The van der Waals surface area contributed by atoms with Gasteiger partial charge in [-0.1, -0.05) is 30.3 Å². The Labute approximate surface area is 159 Å². The van der Waals surface area contributed by atoms with Crippen molar-refractivity contribution in [3.63, 3.8) is 0 Å². The van der Waals surface area contributed by atoms with Crippen LogP contribution in [0.4, 0.5) is 0 Å². The molecule has 0 spiro atoms. The van der Waals surface area contributed by atoms with Gasteiger partial charge in [-0.15, -0.1) is 0 Å². The van der Waals surface area contributed by atoms with Crippen LogP contribution in [0.1, 0.15) is 19.4 Å². The fraction of sp³-hybridized carbons (Fsp3) is 0.263. The molecular formula is C19H23N3O4S. The summed E-state index contributed by atoms with van der Waals surface area (Å²) >= 11 is 0. The largest absolute Gasteiger partial charge is 0.497 e. The highest BCUT2D eigenvalue weighted by molar-refractivity contribution is 7.89. The standard InChI is InChI=1S/C19H23N3O4S/c1-15(2)20-21-19(23)14-22(13-16-7-5-4-6-8-16)27(24,25)18-11-9-17(26-3)10-12-18/h4-12H,13-14H2,1-3H3,(H,21,23). The molecule has 0 heterocycles. The number of hydrogen-bond donors (Lipinski definition) is 1. The molecule has 2 rings (SSSR count). The number of benzene rings is 2. The van der Waals surface area contributed by atoms with Crippen LogP contribution >= 0.6 is 0 Å². The molecule has 0 radical (unpaired) electrons. The molecule has 8 heteroatoms. The first-order valence-electron chi connectivity index (χ1n) is 8.31. The molecule has 1 amide bonds. The average molecular weight is 389 g/mol. The molecule has 0 saturated carbocycles. The summed E-state index contributed by atoms with van der Waals surface area (Å²) in [5.41, 5.74) is 3.80. The van der Waals surface area contributed by atoms with Crippen LogP contribution in [0.5, 0.6) is 5.75 Å². The fourth-order valence-electron chi connectivity index (χ4n) is 2.28. The lowest BCUT2D eigenvalue weighted by molar-refractivity contribution is -0.121. The Bertz CT molecular complexity index is 890. The minimum absolute atomic E-state index is 0.0669. The smallest absolute Gasteiger partial charge is 0.255 e. The van der Waals surface area contributed by atoms with Crippen molar-refractivity contribution in [2.45, 2.75) is 25.3 Å². The van der Waals surface area contributed by atoms with Crippen LogP contribution in [0.15, 0.2) is 64.6 Å². The van der Waals surface area contributed by atoms with E-state index in [1.165, 1.54) is 19.2 Å². The van der Waals surface area contributed by atoms with Crippen LogP contribution in [0, 0.1) is 0 Å². The van der Waals surface area contributed by atoms with E-state index in [0.29, 0.717) is 11.5 Å². The van der Waals surface area contributed by atoms with Crippen molar-refractivity contribution in [3.8, 4) is 5.75 Å². The molecule has 0 saturated heterocycles. The first-order valence-corrected chi connectivity index (χ1v) is 9.75. The van der Waals surface area contributed by atoms with Gasteiger partial charge in [-0.25, -0.2) is 13.8 Å². The van der Waals surface area contributed by atoms with Crippen molar-refractivity contribution < 1.29 is 17.9 Å². The highest BCUT2D eigenvalue weighted by Gasteiger charge is 2.27. The van der Waals surface area contributed by atoms with Gasteiger partial charge in [0.1, 0.15) is 5.75 Å². The lowest BCUT2D eigenvalue weighted by Gasteiger charge is -2.21. The van der Waals surface area contributed by atoms with Crippen molar-refractivity contribution in [3.05, 3.63) is 60.2 Å². The summed E-state index contributed by atoms with van der Waals surface area (Å²) in [5, 5.41) is 3.84. The first-order chi connectivity index (χ1) is 12.8. The van der Waals surface area contributed by atoms with Crippen molar-refractivity contribution >= 4 is 21.6 Å². The molecule has 2 aromatic carbocycles. The Balaban J connectivity index is 2.31. The van der Waals surface area contributed by atoms with Crippen LogP contribution in [-0.2, 0) is 21.4 Å². The number of sulfonamides is 1. The van der Waals surface area contributed by atoms with E-state index < -0.39 is 15.9 Å². The van der Waals surface area contributed by atoms with Gasteiger partial charge in [0.05, 0.1) is 18.6 Å². The molecular weight excluding hydrogens is 366 g/mol. The highest BCUT2D eigenvalue weighted by atomic mass is 32.2. The number of hydrogen-bond acceptors (Lipinski definition) is 5. The highest BCUT2D eigenvalue weighted by Crippen LogP contribution is 2.21. The van der Waals surface area contributed by atoms with E-state index in [0.717, 1.165) is 9.87 Å².